The maximum Gasteiger partial charge on any atom is 0.321 e. The monoisotopic (exact) mass is 311 g/mol. The van der Waals surface area contributed by atoms with Crippen LogP contribution in [0.1, 0.15) is 6.92 Å². The number of sulfonamides is 1. The van der Waals surface area contributed by atoms with E-state index >= 15 is 0 Å². The standard InChI is InChI=1S/C10H11Cl2NO4S/c1-6(10(14)15)13(2)18(16,17)9-4-7(11)3-8(12)5-9/h3-6H,1-2H3,(H,14,15). The van der Waals surface area contributed by atoms with Gasteiger partial charge in [0.15, 0.2) is 0 Å². The van der Waals surface area contributed by atoms with E-state index in [2.05, 4.69) is 0 Å². The van der Waals surface area contributed by atoms with Crippen molar-refractivity contribution in [1.82, 2.24) is 4.31 Å². The van der Waals surface area contributed by atoms with E-state index in [-0.39, 0.29) is 14.9 Å². The van der Waals surface area contributed by atoms with Gasteiger partial charge < -0.3 is 5.11 Å². The van der Waals surface area contributed by atoms with E-state index in [1.165, 1.54) is 32.2 Å². The minimum absolute atomic E-state index is 0.143. The largest absolute Gasteiger partial charge is 0.480 e. The van der Waals surface area contributed by atoms with E-state index in [1.54, 1.807) is 0 Å². The van der Waals surface area contributed by atoms with Crippen molar-refractivity contribution in [1.29, 1.82) is 0 Å². The number of hydrogen-bond acceptors (Lipinski definition) is 3. The van der Waals surface area contributed by atoms with Crippen molar-refractivity contribution < 1.29 is 18.3 Å². The van der Waals surface area contributed by atoms with E-state index < -0.39 is 22.0 Å². The molecule has 0 amide bonds. The first-order chi connectivity index (χ1) is 8.16. The highest BCUT2D eigenvalue weighted by Crippen LogP contribution is 2.25. The molecule has 0 fully saturated rings. The summed E-state index contributed by atoms with van der Waals surface area (Å²) in [5.74, 6) is -1.24. The van der Waals surface area contributed by atoms with Gasteiger partial charge in [0.05, 0.1) is 4.90 Å². The number of aliphatic carboxylic acids is 1. The zero-order valence-electron chi connectivity index (χ0n) is 9.59. The van der Waals surface area contributed by atoms with Crippen molar-refractivity contribution >= 4 is 39.2 Å². The van der Waals surface area contributed by atoms with Gasteiger partial charge in [0, 0.05) is 17.1 Å². The molecule has 0 saturated heterocycles. The van der Waals surface area contributed by atoms with E-state index in [9.17, 15) is 13.2 Å². The predicted molar refractivity (Wildman–Crippen MR) is 68.5 cm³/mol. The Balaban J connectivity index is 3.25. The van der Waals surface area contributed by atoms with Crippen molar-refractivity contribution in [2.75, 3.05) is 7.05 Å². The van der Waals surface area contributed by atoms with E-state index in [1.807, 2.05) is 0 Å². The molecule has 0 heterocycles. The number of hydrogen-bond donors (Lipinski definition) is 1. The van der Waals surface area contributed by atoms with Gasteiger partial charge in [-0.2, -0.15) is 4.31 Å². The molecular weight excluding hydrogens is 301 g/mol. The van der Waals surface area contributed by atoms with Crippen LogP contribution in [0.4, 0.5) is 0 Å². The summed E-state index contributed by atoms with van der Waals surface area (Å²) in [5, 5.41) is 9.14. The Morgan fingerprint density at radius 3 is 2.11 bits per heavy atom. The predicted octanol–water partition coefficient (Wildman–Crippen LogP) is 2.09. The molecule has 0 spiro atoms. The molecule has 1 rings (SSSR count). The van der Waals surface area contributed by atoms with Gasteiger partial charge in [0.2, 0.25) is 10.0 Å². The van der Waals surface area contributed by atoms with Crippen LogP contribution in [0.2, 0.25) is 10.0 Å². The molecule has 18 heavy (non-hydrogen) atoms. The van der Waals surface area contributed by atoms with Gasteiger partial charge in [-0.15, -0.1) is 0 Å². The third-order valence-electron chi connectivity index (χ3n) is 2.42. The molecule has 0 saturated carbocycles. The number of rotatable bonds is 4. The van der Waals surface area contributed by atoms with Gasteiger partial charge in [0.1, 0.15) is 6.04 Å². The van der Waals surface area contributed by atoms with E-state index in [0.29, 0.717) is 0 Å². The maximum atomic E-state index is 12.1. The smallest absolute Gasteiger partial charge is 0.321 e. The summed E-state index contributed by atoms with van der Waals surface area (Å²) in [4.78, 5) is 10.7. The van der Waals surface area contributed by atoms with Crippen LogP contribution in [0.15, 0.2) is 23.1 Å². The summed E-state index contributed by atoms with van der Waals surface area (Å²) in [6, 6.07) is 2.64. The molecule has 0 aromatic heterocycles. The summed E-state index contributed by atoms with van der Waals surface area (Å²) >= 11 is 11.4. The summed E-state index contributed by atoms with van der Waals surface area (Å²) in [5.41, 5.74) is 0. The first-order valence-corrected chi connectivity index (χ1v) is 7.03. The second-order valence-corrected chi connectivity index (χ2v) is 6.51. The average molecular weight is 312 g/mol. The third-order valence-corrected chi connectivity index (χ3v) is 4.76. The number of likely N-dealkylation sites (N-methyl/N-ethyl adjacent to an activating group) is 1. The van der Waals surface area contributed by atoms with Crippen molar-refractivity contribution in [3.05, 3.63) is 28.2 Å². The first kappa shape index (κ1) is 15.2. The molecule has 1 N–H and O–H groups in total. The Bertz CT molecular complexity index is 553. The Morgan fingerprint density at radius 2 is 1.72 bits per heavy atom. The second-order valence-electron chi connectivity index (χ2n) is 3.64. The fourth-order valence-corrected chi connectivity index (χ4v) is 3.25. The molecule has 0 bridgehead atoms. The fraction of sp³-hybridized carbons (Fsp3) is 0.300. The molecule has 1 aromatic carbocycles. The van der Waals surface area contributed by atoms with Crippen LogP contribution in [0.3, 0.4) is 0 Å². The maximum absolute atomic E-state index is 12.1. The van der Waals surface area contributed by atoms with Crippen LogP contribution in [0.5, 0.6) is 0 Å². The van der Waals surface area contributed by atoms with Crippen molar-refractivity contribution in [2.24, 2.45) is 0 Å². The van der Waals surface area contributed by atoms with Crippen LogP contribution >= 0.6 is 23.2 Å². The number of nitrogens with zero attached hydrogens (tertiary/aromatic N) is 1. The SMILES string of the molecule is CC(C(=O)O)N(C)S(=O)(=O)c1cc(Cl)cc(Cl)c1. The molecule has 1 unspecified atom stereocenters. The van der Waals surface area contributed by atoms with Gasteiger partial charge in [0.25, 0.3) is 0 Å². The minimum atomic E-state index is -3.94. The summed E-state index contributed by atoms with van der Waals surface area (Å²) in [7, 11) is -2.76. The van der Waals surface area contributed by atoms with Crippen LogP contribution in [0.25, 0.3) is 0 Å². The zero-order valence-corrected chi connectivity index (χ0v) is 11.9. The summed E-state index contributed by atoms with van der Waals surface area (Å²) in [6.07, 6.45) is 0. The van der Waals surface area contributed by atoms with Crippen molar-refractivity contribution in [3.8, 4) is 0 Å². The number of carboxylic acid groups (broad SMARTS) is 1. The molecule has 8 heteroatoms. The van der Waals surface area contributed by atoms with Gasteiger partial charge >= 0.3 is 5.97 Å². The Kier molecular flexibility index (Phi) is 4.61. The summed E-state index contributed by atoms with van der Waals surface area (Å²) < 4.78 is 25.0. The highest BCUT2D eigenvalue weighted by Gasteiger charge is 2.29. The topological polar surface area (TPSA) is 74.7 Å². The van der Waals surface area contributed by atoms with Crippen LogP contribution in [-0.2, 0) is 14.8 Å². The quantitative estimate of drug-likeness (QED) is 0.924. The highest BCUT2D eigenvalue weighted by molar-refractivity contribution is 7.89. The molecule has 0 aliphatic heterocycles. The molecule has 1 aromatic rings. The number of carbonyl (C=O) groups is 1. The van der Waals surface area contributed by atoms with Crippen molar-refractivity contribution in [2.45, 2.75) is 17.9 Å². The Morgan fingerprint density at radius 1 is 1.28 bits per heavy atom. The molecular formula is C10H11Cl2NO4S. The van der Waals surface area contributed by atoms with Gasteiger partial charge in [-0.3, -0.25) is 4.79 Å². The minimum Gasteiger partial charge on any atom is -0.480 e. The molecule has 0 aliphatic rings. The van der Waals surface area contributed by atoms with Crippen LogP contribution in [0, 0.1) is 0 Å². The molecule has 0 radical (unpaired) electrons. The number of benzene rings is 1. The zero-order chi connectivity index (χ0) is 14.1. The van der Waals surface area contributed by atoms with Gasteiger partial charge in [-0.1, -0.05) is 23.2 Å². The molecule has 100 valence electrons. The number of halogens is 2. The molecule has 5 nitrogen and oxygen atoms in total. The normalized spacial score (nSPS) is 13.6. The Labute approximate surface area is 115 Å². The summed E-state index contributed by atoms with van der Waals surface area (Å²) in [6.45, 7) is 1.27. The lowest BCUT2D eigenvalue weighted by Crippen LogP contribution is -2.40. The average Bonchev–Trinajstić information content (AvgIpc) is 2.25. The van der Waals surface area contributed by atoms with Crippen LogP contribution in [-0.4, -0.2) is 36.9 Å². The van der Waals surface area contributed by atoms with Gasteiger partial charge in [-0.25, -0.2) is 8.42 Å². The van der Waals surface area contributed by atoms with Crippen LogP contribution < -0.4 is 0 Å². The highest BCUT2D eigenvalue weighted by atomic mass is 35.5. The molecule has 0 aliphatic carbocycles. The van der Waals surface area contributed by atoms with E-state index in [4.69, 9.17) is 28.3 Å². The molecule has 1 atom stereocenters. The number of carboxylic acids is 1. The lowest BCUT2D eigenvalue weighted by Gasteiger charge is -2.21. The van der Waals surface area contributed by atoms with E-state index in [0.717, 1.165) is 4.31 Å². The van der Waals surface area contributed by atoms with Gasteiger partial charge in [-0.05, 0) is 25.1 Å². The third kappa shape index (κ3) is 3.14. The lowest BCUT2D eigenvalue weighted by atomic mass is 10.4. The second kappa shape index (κ2) is 5.44. The van der Waals surface area contributed by atoms with Crippen molar-refractivity contribution in [3.63, 3.8) is 0 Å². The first-order valence-electron chi connectivity index (χ1n) is 4.83. The Hall–Kier alpha value is -0.820. The lowest BCUT2D eigenvalue weighted by molar-refractivity contribution is -0.140. The fourth-order valence-electron chi connectivity index (χ4n) is 1.21.